The predicted octanol–water partition coefficient (Wildman–Crippen LogP) is -2.95. The Morgan fingerprint density at radius 2 is 1.77 bits per heavy atom. The van der Waals surface area contributed by atoms with Crippen LogP contribution in [0.15, 0.2) is 0 Å². The lowest BCUT2D eigenvalue weighted by molar-refractivity contribution is -0.160. The van der Waals surface area contributed by atoms with Crippen LogP contribution in [0.1, 0.15) is 12.8 Å². The molecule has 0 aliphatic heterocycles. The van der Waals surface area contributed by atoms with Gasteiger partial charge in [-0.05, 0) is 6.42 Å². The molecule has 0 aromatic carbocycles. The Morgan fingerprint density at radius 1 is 1.23 bits per heavy atom. The van der Waals surface area contributed by atoms with Crippen molar-refractivity contribution in [3.05, 3.63) is 0 Å². The van der Waals surface area contributed by atoms with Gasteiger partial charge >= 0.3 is 0 Å². The topological polar surface area (TPSA) is 139 Å². The average molecular weight is 193 g/mol. The summed E-state index contributed by atoms with van der Waals surface area (Å²) in [5, 5.41) is 27.3. The Labute approximate surface area is 77.3 Å². The van der Waals surface area contributed by atoms with Crippen LogP contribution in [0.25, 0.3) is 0 Å². The Morgan fingerprint density at radius 3 is 2.15 bits per heavy atom. The molecule has 0 aromatic rings. The van der Waals surface area contributed by atoms with E-state index in [0.29, 0.717) is 0 Å². The molecule has 0 saturated heterocycles. The second-order valence-corrected chi connectivity index (χ2v) is 3.28. The first-order valence-corrected chi connectivity index (χ1v) is 4.20. The second kappa shape index (κ2) is 5.48. The lowest BCUT2D eigenvalue weighted by atomic mass is 10.0. The third kappa shape index (κ3) is 5.92. The Kier molecular flexibility index (Phi) is 5.38. The summed E-state index contributed by atoms with van der Waals surface area (Å²) >= 11 is 0. The highest BCUT2D eigenvalue weighted by Gasteiger charge is 2.25. The molecule has 80 valence electrons. The smallest absolute Gasteiger partial charge is 0.176 e. The summed E-state index contributed by atoms with van der Waals surface area (Å²) < 4.78 is 0. The van der Waals surface area contributed by atoms with Crippen molar-refractivity contribution in [2.45, 2.75) is 30.8 Å². The van der Waals surface area contributed by atoms with Gasteiger partial charge < -0.3 is 32.5 Å². The highest BCUT2D eigenvalue weighted by Crippen LogP contribution is 2.09. The molecule has 0 spiro atoms. The molecule has 9 N–H and O–H groups in total. The van der Waals surface area contributed by atoms with Gasteiger partial charge in [-0.1, -0.05) is 0 Å². The summed E-state index contributed by atoms with van der Waals surface area (Å²) in [5.41, 5.74) is 15.8. The molecule has 0 aliphatic rings. The van der Waals surface area contributed by atoms with E-state index in [4.69, 9.17) is 32.5 Å². The van der Waals surface area contributed by atoms with Crippen molar-refractivity contribution in [3.63, 3.8) is 0 Å². The molecule has 0 aromatic heterocycles. The fraction of sp³-hybridized carbons (Fsp3) is 1.00. The zero-order chi connectivity index (χ0) is 10.5. The Bertz CT molecular complexity index is 143. The minimum atomic E-state index is -1.95. The summed E-state index contributed by atoms with van der Waals surface area (Å²) in [6, 6.07) is -0.517. The van der Waals surface area contributed by atoms with Crippen LogP contribution in [-0.4, -0.2) is 46.3 Å². The van der Waals surface area contributed by atoms with Gasteiger partial charge in [-0.25, -0.2) is 0 Å². The lowest BCUT2D eigenvalue weighted by Crippen LogP contribution is -2.44. The maximum absolute atomic E-state index is 9.12. The Hall–Kier alpha value is -0.240. The van der Waals surface area contributed by atoms with Gasteiger partial charge in [-0.15, -0.1) is 0 Å². The zero-order valence-electron chi connectivity index (χ0n) is 7.56. The summed E-state index contributed by atoms with van der Waals surface area (Å²) in [6.07, 6.45) is -0.538. The van der Waals surface area contributed by atoms with Crippen molar-refractivity contribution >= 4 is 0 Å². The van der Waals surface area contributed by atoms with Crippen molar-refractivity contribution in [1.29, 1.82) is 0 Å². The van der Waals surface area contributed by atoms with Crippen molar-refractivity contribution in [3.8, 4) is 0 Å². The van der Waals surface area contributed by atoms with E-state index in [9.17, 15) is 0 Å². The molecule has 0 amide bonds. The van der Waals surface area contributed by atoms with Crippen molar-refractivity contribution in [2.75, 3.05) is 13.1 Å². The van der Waals surface area contributed by atoms with Crippen LogP contribution < -0.4 is 17.2 Å². The van der Waals surface area contributed by atoms with Crippen LogP contribution in [0, 0.1) is 0 Å². The van der Waals surface area contributed by atoms with Crippen LogP contribution in [0.3, 0.4) is 0 Å². The molecule has 6 heteroatoms. The molecule has 0 saturated carbocycles. The highest BCUT2D eigenvalue weighted by molar-refractivity contribution is 4.76. The number of hydrogen-bond donors (Lipinski definition) is 6. The number of rotatable bonds is 6. The fourth-order valence-corrected chi connectivity index (χ4v) is 1.03. The molecular weight excluding hydrogens is 174 g/mol. The van der Waals surface area contributed by atoms with E-state index in [1.165, 1.54) is 0 Å². The first-order valence-electron chi connectivity index (χ1n) is 4.20. The van der Waals surface area contributed by atoms with E-state index >= 15 is 0 Å². The first kappa shape index (κ1) is 12.8. The van der Waals surface area contributed by atoms with Crippen molar-refractivity contribution in [2.24, 2.45) is 17.2 Å². The predicted molar refractivity (Wildman–Crippen MR) is 48.5 cm³/mol. The van der Waals surface area contributed by atoms with Gasteiger partial charge in [0.25, 0.3) is 0 Å². The van der Waals surface area contributed by atoms with Gasteiger partial charge in [-0.3, -0.25) is 0 Å². The third-order valence-corrected chi connectivity index (χ3v) is 1.76. The highest BCUT2D eigenvalue weighted by atomic mass is 16.5. The van der Waals surface area contributed by atoms with E-state index in [0.717, 1.165) is 0 Å². The van der Waals surface area contributed by atoms with Gasteiger partial charge in [0.1, 0.15) is 0 Å². The minimum absolute atomic E-state index is 0.0689. The Balaban J connectivity index is 3.79. The van der Waals surface area contributed by atoms with Gasteiger partial charge in [0.2, 0.25) is 0 Å². The molecule has 6 nitrogen and oxygen atoms in total. The van der Waals surface area contributed by atoms with Crippen LogP contribution in [0.2, 0.25) is 0 Å². The quantitative estimate of drug-likeness (QED) is 0.249. The van der Waals surface area contributed by atoms with E-state index in [-0.39, 0.29) is 25.9 Å². The molecule has 0 radical (unpaired) electrons. The molecule has 0 rings (SSSR count). The number of hydrogen-bond acceptors (Lipinski definition) is 6. The third-order valence-electron chi connectivity index (χ3n) is 1.76. The van der Waals surface area contributed by atoms with E-state index < -0.39 is 17.9 Å². The first-order chi connectivity index (χ1) is 5.91. The van der Waals surface area contributed by atoms with Crippen molar-refractivity contribution in [1.82, 2.24) is 0 Å². The standard InChI is InChI=1S/C7H19N3O3/c8-3-6(11)1-5(10)2-7(12,13)4-9/h5-6,11-13H,1-4,8-10H2. The van der Waals surface area contributed by atoms with Gasteiger partial charge in [0.15, 0.2) is 5.79 Å². The zero-order valence-corrected chi connectivity index (χ0v) is 7.56. The summed E-state index contributed by atoms with van der Waals surface area (Å²) in [6.45, 7) is -0.167. The molecular formula is C7H19N3O3. The SMILES string of the molecule is NCC(O)CC(N)CC(O)(O)CN. The fourth-order valence-electron chi connectivity index (χ4n) is 1.03. The summed E-state index contributed by atoms with van der Waals surface area (Å²) in [5.74, 6) is -1.95. The van der Waals surface area contributed by atoms with Gasteiger partial charge in [0.05, 0.1) is 6.10 Å². The summed E-state index contributed by atoms with van der Waals surface area (Å²) in [7, 11) is 0. The van der Waals surface area contributed by atoms with Crippen LogP contribution in [0.5, 0.6) is 0 Å². The van der Waals surface area contributed by atoms with Crippen molar-refractivity contribution < 1.29 is 15.3 Å². The maximum Gasteiger partial charge on any atom is 0.176 e. The molecule has 0 aliphatic carbocycles. The van der Waals surface area contributed by atoms with Gasteiger partial charge in [0, 0.05) is 25.6 Å². The number of aliphatic hydroxyl groups excluding tert-OH is 1. The lowest BCUT2D eigenvalue weighted by Gasteiger charge is -2.24. The van der Waals surface area contributed by atoms with E-state index in [1.807, 2.05) is 0 Å². The molecule has 0 bridgehead atoms. The monoisotopic (exact) mass is 193 g/mol. The van der Waals surface area contributed by atoms with E-state index in [2.05, 4.69) is 0 Å². The van der Waals surface area contributed by atoms with Crippen LogP contribution in [0.4, 0.5) is 0 Å². The van der Waals surface area contributed by atoms with Crippen LogP contribution in [-0.2, 0) is 0 Å². The number of aliphatic hydroxyl groups is 3. The molecule has 2 unspecified atom stereocenters. The normalized spacial score (nSPS) is 17.1. The van der Waals surface area contributed by atoms with Crippen LogP contribution >= 0.6 is 0 Å². The largest absolute Gasteiger partial charge is 0.392 e. The maximum atomic E-state index is 9.12. The second-order valence-electron chi connectivity index (χ2n) is 3.28. The minimum Gasteiger partial charge on any atom is -0.392 e. The molecule has 13 heavy (non-hydrogen) atoms. The van der Waals surface area contributed by atoms with E-state index in [1.54, 1.807) is 0 Å². The average Bonchev–Trinajstić information content (AvgIpc) is 2.03. The van der Waals surface area contributed by atoms with Gasteiger partial charge in [-0.2, -0.15) is 0 Å². The molecule has 0 fully saturated rings. The molecule has 0 heterocycles. The summed E-state index contributed by atoms with van der Waals surface area (Å²) in [4.78, 5) is 0. The number of nitrogens with two attached hydrogens (primary N) is 3. The molecule has 2 atom stereocenters.